The van der Waals surface area contributed by atoms with Crippen LogP contribution in [-0.2, 0) is 30.7 Å². The van der Waals surface area contributed by atoms with Crippen LogP contribution in [0.25, 0.3) is 22.3 Å². The summed E-state index contributed by atoms with van der Waals surface area (Å²) in [7, 11) is 1.69. The van der Waals surface area contributed by atoms with E-state index in [2.05, 4.69) is 43.5 Å². The zero-order valence-corrected chi connectivity index (χ0v) is 26.5. The van der Waals surface area contributed by atoms with Crippen molar-refractivity contribution in [1.29, 1.82) is 0 Å². The number of aromatic nitrogens is 3. The minimum absolute atomic E-state index is 0.254. The van der Waals surface area contributed by atoms with Gasteiger partial charge in [0.15, 0.2) is 0 Å². The maximum absolute atomic E-state index is 14.2. The van der Waals surface area contributed by atoms with Gasteiger partial charge in [0.05, 0.1) is 31.5 Å². The monoisotopic (exact) mass is 609 g/mol. The third-order valence-corrected chi connectivity index (χ3v) is 8.22. The second kappa shape index (κ2) is 13.7. The van der Waals surface area contributed by atoms with Gasteiger partial charge in [0, 0.05) is 36.8 Å². The lowest BCUT2D eigenvalue weighted by molar-refractivity contribution is 0.127. The minimum atomic E-state index is -0.254. The fourth-order valence-electron chi connectivity index (χ4n) is 5.99. The van der Waals surface area contributed by atoms with Crippen LogP contribution < -0.4 is 14.2 Å². The Morgan fingerprint density at radius 3 is 2.69 bits per heavy atom. The molecule has 2 aromatic heterocycles. The lowest BCUT2D eigenvalue weighted by Gasteiger charge is -2.18. The molecule has 0 unspecified atom stereocenters. The highest BCUT2D eigenvalue weighted by molar-refractivity contribution is 5.83. The summed E-state index contributed by atoms with van der Waals surface area (Å²) in [6.45, 7) is 9.08. The van der Waals surface area contributed by atoms with Crippen molar-refractivity contribution in [3.8, 4) is 28.6 Å². The first-order valence-corrected chi connectivity index (χ1v) is 15.7. The molecule has 3 aromatic carbocycles. The quantitative estimate of drug-likeness (QED) is 0.167. The summed E-state index contributed by atoms with van der Waals surface area (Å²) in [5.41, 5.74) is 8.74. The number of nitrogens with zero attached hydrogens (tertiary/aromatic N) is 3. The average molecular weight is 610 g/mol. The maximum atomic E-state index is 14.2. The van der Waals surface area contributed by atoms with E-state index in [1.807, 2.05) is 24.3 Å². The van der Waals surface area contributed by atoms with Crippen LogP contribution in [0, 0.1) is 19.7 Å². The van der Waals surface area contributed by atoms with E-state index < -0.39 is 0 Å². The Labute approximate surface area is 264 Å². The van der Waals surface area contributed by atoms with Gasteiger partial charge in [0.25, 0.3) is 0 Å². The first-order valence-electron chi connectivity index (χ1n) is 15.7. The SMILES string of the molecule is CCCOCCn1c(Cc2cc(C)c3cc2OCCCc2cc(F)ccc2COc2cccc-3n2)nc2c(OC)cc(C)cc21. The number of hydrogen-bond donors (Lipinski definition) is 0. The largest absolute Gasteiger partial charge is 0.494 e. The molecule has 1 aliphatic heterocycles. The van der Waals surface area contributed by atoms with Crippen LogP contribution in [0.1, 0.15) is 53.4 Å². The molecule has 0 saturated heterocycles. The van der Waals surface area contributed by atoms with Crippen molar-refractivity contribution in [2.24, 2.45) is 0 Å². The van der Waals surface area contributed by atoms with Crippen LogP contribution in [0.3, 0.4) is 0 Å². The molecule has 4 bridgehead atoms. The molecule has 0 N–H and O–H groups in total. The molecular formula is C37H40FN3O4. The highest BCUT2D eigenvalue weighted by atomic mass is 19.1. The molecule has 5 aromatic rings. The molecule has 0 fully saturated rings. The zero-order valence-electron chi connectivity index (χ0n) is 26.5. The molecule has 3 heterocycles. The van der Waals surface area contributed by atoms with E-state index in [0.717, 1.165) is 86.9 Å². The first kappa shape index (κ1) is 30.6. The lowest BCUT2D eigenvalue weighted by Crippen LogP contribution is -2.11. The average Bonchev–Trinajstić information content (AvgIpc) is 3.37. The Morgan fingerprint density at radius 2 is 1.84 bits per heavy atom. The topological polar surface area (TPSA) is 67.6 Å². The highest BCUT2D eigenvalue weighted by Gasteiger charge is 2.20. The molecule has 7 nitrogen and oxygen atoms in total. The van der Waals surface area contributed by atoms with E-state index >= 15 is 0 Å². The summed E-state index contributed by atoms with van der Waals surface area (Å²) < 4.78 is 40.7. The van der Waals surface area contributed by atoms with E-state index in [1.54, 1.807) is 19.2 Å². The Kier molecular flexibility index (Phi) is 9.31. The molecule has 0 aliphatic carbocycles. The Hall–Kier alpha value is -4.43. The van der Waals surface area contributed by atoms with Gasteiger partial charge >= 0.3 is 0 Å². The van der Waals surface area contributed by atoms with Gasteiger partial charge in [0.1, 0.15) is 35.3 Å². The van der Waals surface area contributed by atoms with E-state index in [0.29, 0.717) is 45.1 Å². The fraction of sp³-hybridized carbons (Fsp3) is 0.351. The molecule has 0 amide bonds. The minimum Gasteiger partial charge on any atom is -0.494 e. The van der Waals surface area contributed by atoms with Crippen molar-refractivity contribution in [3.63, 3.8) is 0 Å². The standard InChI is InChI=1S/C37H40FN3O4/c1-5-14-43-16-13-41-32-17-24(2)18-34(42-4)37(32)40-35(41)21-28-19-25(3)30-22-33(28)44-15-7-8-26-20-29(38)12-11-27(26)23-45-36-10-6-9-31(30)39-36/h6,9-12,17-20,22H,5,7-8,13-16,21,23H2,1-4H3. The van der Waals surface area contributed by atoms with Crippen LogP contribution in [0.2, 0.25) is 0 Å². The predicted octanol–water partition coefficient (Wildman–Crippen LogP) is 7.78. The molecule has 8 heteroatoms. The number of benzene rings is 3. The van der Waals surface area contributed by atoms with E-state index in [9.17, 15) is 4.39 Å². The van der Waals surface area contributed by atoms with E-state index in [4.69, 9.17) is 28.9 Å². The predicted molar refractivity (Wildman–Crippen MR) is 174 cm³/mol. The number of pyridine rings is 1. The molecular weight excluding hydrogens is 569 g/mol. The smallest absolute Gasteiger partial charge is 0.214 e. The Bertz CT molecular complexity index is 1820. The van der Waals surface area contributed by atoms with Crippen LogP contribution in [0.15, 0.2) is 60.7 Å². The second-order valence-corrected chi connectivity index (χ2v) is 11.6. The fourth-order valence-corrected chi connectivity index (χ4v) is 5.99. The number of methoxy groups -OCH3 is 1. The zero-order chi connectivity index (χ0) is 31.3. The van der Waals surface area contributed by atoms with Gasteiger partial charge in [-0.2, -0.15) is 0 Å². The molecule has 234 valence electrons. The molecule has 0 radical (unpaired) electrons. The number of hydrogen-bond acceptors (Lipinski definition) is 6. The van der Waals surface area contributed by atoms with Crippen molar-refractivity contribution in [2.75, 3.05) is 26.9 Å². The summed E-state index contributed by atoms with van der Waals surface area (Å²) >= 11 is 0. The van der Waals surface area contributed by atoms with E-state index in [1.165, 1.54) is 6.07 Å². The van der Waals surface area contributed by atoms with E-state index in [-0.39, 0.29) is 5.82 Å². The van der Waals surface area contributed by atoms with Gasteiger partial charge in [-0.05, 0) is 91.8 Å². The Morgan fingerprint density at radius 1 is 0.956 bits per heavy atom. The van der Waals surface area contributed by atoms with Gasteiger partial charge in [-0.1, -0.05) is 25.1 Å². The lowest BCUT2D eigenvalue weighted by atomic mass is 9.99. The van der Waals surface area contributed by atoms with Gasteiger partial charge in [-0.3, -0.25) is 0 Å². The van der Waals surface area contributed by atoms with Crippen molar-refractivity contribution < 1.29 is 23.3 Å². The summed E-state index contributed by atoms with van der Waals surface area (Å²) in [6, 6.07) is 19.1. The van der Waals surface area contributed by atoms with Gasteiger partial charge < -0.3 is 23.5 Å². The van der Waals surface area contributed by atoms with Crippen LogP contribution >= 0.6 is 0 Å². The normalized spacial score (nSPS) is 13.1. The number of halogens is 1. The Balaban J connectivity index is 1.40. The van der Waals surface area contributed by atoms with Gasteiger partial charge in [0.2, 0.25) is 5.88 Å². The number of aryl methyl sites for hydroxylation is 3. The molecule has 45 heavy (non-hydrogen) atoms. The van der Waals surface area contributed by atoms with Gasteiger partial charge in [-0.25, -0.2) is 14.4 Å². The number of fused-ring (bicyclic) bond motifs is 7. The molecule has 0 spiro atoms. The first-order chi connectivity index (χ1) is 21.9. The second-order valence-electron chi connectivity index (χ2n) is 11.6. The third kappa shape index (κ3) is 6.81. The third-order valence-electron chi connectivity index (χ3n) is 8.22. The maximum Gasteiger partial charge on any atom is 0.214 e. The van der Waals surface area contributed by atoms with Crippen LogP contribution in [0.5, 0.6) is 17.4 Å². The van der Waals surface area contributed by atoms with Crippen LogP contribution in [0.4, 0.5) is 4.39 Å². The number of ether oxygens (including phenoxy) is 4. The van der Waals surface area contributed by atoms with Crippen LogP contribution in [-0.4, -0.2) is 41.5 Å². The molecule has 6 rings (SSSR count). The molecule has 0 atom stereocenters. The highest BCUT2D eigenvalue weighted by Crippen LogP contribution is 2.35. The van der Waals surface area contributed by atoms with Crippen molar-refractivity contribution >= 4 is 11.0 Å². The molecule has 0 saturated carbocycles. The van der Waals surface area contributed by atoms with Crippen molar-refractivity contribution in [2.45, 2.75) is 59.6 Å². The van der Waals surface area contributed by atoms with Crippen molar-refractivity contribution in [1.82, 2.24) is 14.5 Å². The van der Waals surface area contributed by atoms with Crippen molar-refractivity contribution in [3.05, 3.63) is 100 Å². The summed E-state index contributed by atoms with van der Waals surface area (Å²) in [5, 5.41) is 0. The number of rotatable bonds is 8. The summed E-state index contributed by atoms with van der Waals surface area (Å²) in [6.07, 6.45) is 2.93. The van der Waals surface area contributed by atoms with Gasteiger partial charge in [-0.15, -0.1) is 0 Å². The molecule has 1 aliphatic rings. The summed E-state index contributed by atoms with van der Waals surface area (Å²) in [4.78, 5) is 9.93. The summed E-state index contributed by atoms with van der Waals surface area (Å²) in [5.74, 6) is 2.72. The number of imidazole rings is 1.